The van der Waals surface area contributed by atoms with E-state index in [4.69, 9.17) is 0 Å². The maximum absolute atomic E-state index is 2.33. The Morgan fingerprint density at radius 3 is 1.90 bits per heavy atom. The summed E-state index contributed by atoms with van der Waals surface area (Å²) < 4.78 is 0. The van der Waals surface area contributed by atoms with Crippen LogP contribution in [0.25, 0.3) is 0 Å². The van der Waals surface area contributed by atoms with Gasteiger partial charge < -0.3 is 0 Å². The molecule has 1 rings (SSSR count). The Labute approximate surface area is 64.3 Å². The third-order valence-corrected chi connectivity index (χ3v) is 3.06. The third-order valence-electron chi connectivity index (χ3n) is 3.06. The Morgan fingerprint density at radius 2 is 1.80 bits per heavy atom. The molecule has 0 fully saturated rings. The van der Waals surface area contributed by atoms with Gasteiger partial charge in [0.1, 0.15) is 0 Å². The van der Waals surface area contributed by atoms with E-state index in [0.717, 1.165) is 5.92 Å². The first-order chi connectivity index (χ1) is 4.51. The fourth-order valence-corrected chi connectivity index (χ4v) is 1.88. The maximum Gasteiger partial charge on any atom is 0.00699 e. The zero-order valence-corrected chi connectivity index (χ0v) is 7.78. The van der Waals surface area contributed by atoms with Gasteiger partial charge in [0, 0.05) is 5.41 Å². The van der Waals surface area contributed by atoms with Crippen molar-refractivity contribution in [2.45, 2.75) is 41.0 Å². The summed E-state index contributed by atoms with van der Waals surface area (Å²) in [6.45, 7) is 11.5. The summed E-state index contributed by atoms with van der Waals surface area (Å²) in [6, 6.07) is 0. The Kier molecular flexibility index (Phi) is 1.66. The zero-order chi connectivity index (χ0) is 7.94. The largest absolute Gasteiger partial charge is 0.0648 e. The maximum atomic E-state index is 2.33. The van der Waals surface area contributed by atoms with Crippen LogP contribution < -0.4 is 0 Å². The molecule has 0 aromatic heterocycles. The highest BCUT2D eigenvalue weighted by Gasteiger charge is 2.43. The number of rotatable bonds is 2. The van der Waals surface area contributed by atoms with E-state index in [1.165, 1.54) is 6.42 Å². The molecule has 0 spiro atoms. The van der Waals surface area contributed by atoms with E-state index in [9.17, 15) is 0 Å². The molecule has 0 bridgehead atoms. The van der Waals surface area contributed by atoms with Crippen LogP contribution in [0, 0.1) is 11.3 Å². The summed E-state index contributed by atoms with van der Waals surface area (Å²) in [4.78, 5) is 0. The lowest BCUT2D eigenvalue weighted by atomic mass is 9.95. The van der Waals surface area contributed by atoms with Gasteiger partial charge in [-0.1, -0.05) is 38.8 Å². The van der Waals surface area contributed by atoms with Gasteiger partial charge in [0.2, 0.25) is 0 Å². The molecule has 1 aliphatic rings. The van der Waals surface area contributed by atoms with Gasteiger partial charge in [0.15, 0.2) is 0 Å². The van der Waals surface area contributed by atoms with E-state index in [1.54, 1.807) is 11.1 Å². The van der Waals surface area contributed by atoms with Crippen LogP contribution in [0.2, 0.25) is 0 Å². The van der Waals surface area contributed by atoms with Crippen LogP contribution >= 0.6 is 0 Å². The smallest absolute Gasteiger partial charge is 0.00699 e. The molecule has 0 aromatic rings. The van der Waals surface area contributed by atoms with Gasteiger partial charge in [-0.05, 0) is 19.3 Å². The second-order valence-corrected chi connectivity index (χ2v) is 3.97. The Balaban J connectivity index is 2.62. The molecule has 0 heteroatoms. The Morgan fingerprint density at radius 1 is 1.40 bits per heavy atom. The Hall–Kier alpha value is -0.260. The van der Waals surface area contributed by atoms with E-state index in [2.05, 4.69) is 34.6 Å². The molecular formula is C10H18. The summed E-state index contributed by atoms with van der Waals surface area (Å²) in [7, 11) is 0. The molecule has 0 saturated carbocycles. The van der Waals surface area contributed by atoms with Crippen molar-refractivity contribution < 1.29 is 0 Å². The summed E-state index contributed by atoms with van der Waals surface area (Å²) >= 11 is 0. The number of hydrogen-bond donors (Lipinski definition) is 0. The lowest BCUT2D eigenvalue weighted by molar-refractivity contribution is 0.568. The fraction of sp³-hybridized carbons (Fsp3) is 0.800. The van der Waals surface area contributed by atoms with E-state index in [1.807, 2.05) is 0 Å². The summed E-state index contributed by atoms with van der Waals surface area (Å²) in [5.41, 5.74) is 3.81. The second kappa shape index (κ2) is 2.11. The third kappa shape index (κ3) is 0.902. The van der Waals surface area contributed by atoms with Crippen LogP contribution in [0.1, 0.15) is 41.0 Å². The normalized spacial score (nSPS) is 24.9. The first kappa shape index (κ1) is 7.84. The molecule has 1 aliphatic carbocycles. The van der Waals surface area contributed by atoms with Crippen molar-refractivity contribution in [3.63, 3.8) is 0 Å². The van der Waals surface area contributed by atoms with Crippen LogP contribution in [0.15, 0.2) is 11.1 Å². The molecule has 0 aliphatic heterocycles. The van der Waals surface area contributed by atoms with Crippen LogP contribution in [0.5, 0.6) is 0 Å². The summed E-state index contributed by atoms with van der Waals surface area (Å²) in [5, 5.41) is 0. The fourth-order valence-electron chi connectivity index (χ4n) is 1.88. The minimum atomic E-state index is 0.482. The molecule has 0 radical (unpaired) electrons. The van der Waals surface area contributed by atoms with Crippen LogP contribution in [0.3, 0.4) is 0 Å². The first-order valence-corrected chi connectivity index (χ1v) is 4.23. The van der Waals surface area contributed by atoms with Crippen LogP contribution in [0.4, 0.5) is 0 Å². The van der Waals surface area contributed by atoms with E-state index in [-0.39, 0.29) is 0 Å². The number of allylic oxidation sites excluding steroid dienone is 2. The average Bonchev–Trinajstić information content (AvgIpc) is 2.33. The number of hydrogen-bond acceptors (Lipinski definition) is 0. The second-order valence-electron chi connectivity index (χ2n) is 3.97. The van der Waals surface area contributed by atoms with Crippen molar-refractivity contribution in [2.24, 2.45) is 11.3 Å². The van der Waals surface area contributed by atoms with Gasteiger partial charge >= 0.3 is 0 Å². The van der Waals surface area contributed by atoms with Crippen molar-refractivity contribution in [2.75, 3.05) is 0 Å². The molecule has 1 atom stereocenters. The molecule has 0 saturated heterocycles. The molecule has 0 heterocycles. The van der Waals surface area contributed by atoms with Crippen LogP contribution in [-0.2, 0) is 0 Å². The lowest BCUT2D eigenvalue weighted by Crippen LogP contribution is -1.98. The van der Waals surface area contributed by atoms with Gasteiger partial charge in [-0.3, -0.25) is 0 Å². The zero-order valence-electron chi connectivity index (χ0n) is 7.78. The minimum absolute atomic E-state index is 0.482. The van der Waals surface area contributed by atoms with Crippen molar-refractivity contribution in [3.05, 3.63) is 11.1 Å². The highest BCUT2D eigenvalue weighted by molar-refractivity contribution is 5.46. The minimum Gasteiger partial charge on any atom is -0.0648 e. The van der Waals surface area contributed by atoms with Crippen molar-refractivity contribution in [3.8, 4) is 0 Å². The molecule has 0 aromatic carbocycles. The SMILES string of the molecule is CCC(C)C1=C(C)C1(C)C. The van der Waals surface area contributed by atoms with Crippen molar-refractivity contribution >= 4 is 0 Å². The van der Waals surface area contributed by atoms with Gasteiger partial charge in [-0.25, -0.2) is 0 Å². The quantitative estimate of drug-likeness (QED) is 0.513. The molecular weight excluding hydrogens is 120 g/mol. The highest BCUT2D eigenvalue weighted by Crippen LogP contribution is 2.55. The summed E-state index contributed by atoms with van der Waals surface area (Å²) in [6.07, 6.45) is 1.29. The van der Waals surface area contributed by atoms with Gasteiger partial charge in [0.25, 0.3) is 0 Å². The molecule has 10 heavy (non-hydrogen) atoms. The van der Waals surface area contributed by atoms with E-state index in [0.29, 0.717) is 5.41 Å². The van der Waals surface area contributed by atoms with Gasteiger partial charge in [-0.15, -0.1) is 0 Å². The highest BCUT2D eigenvalue weighted by atomic mass is 14.5. The Bertz CT molecular complexity index is 172. The topological polar surface area (TPSA) is 0 Å². The predicted octanol–water partition coefficient (Wildman–Crippen LogP) is 3.39. The van der Waals surface area contributed by atoms with Gasteiger partial charge in [-0.2, -0.15) is 0 Å². The average molecular weight is 138 g/mol. The molecule has 0 amide bonds. The van der Waals surface area contributed by atoms with Crippen molar-refractivity contribution in [1.29, 1.82) is 0 Å². The van der Waals surface area contributed by atoms with Crippen LogP contribution in [-0.4, -0.2) is 0 Å². The lowest BCUT2D eigenvalue weighted by Gasteiger charge is -2.09. The monoisotopic (exact) mass is 138 g/mol. The first-order valence-electron chi connectivity index (χ1n) is 4.23. The molecule has 0 nitrogen and oxygen atoms in total. The van der Waals surface area contributed by atoms with Gasteiger partial charge in [0.05, 0.1) is 0 Å². The summed E-state index contributed by atoms with van der Waals surface area (Å²) in [5.74, 6) is 0.815. The van der Waals surface area contributed by atoms with E-state index >= 15 is 0 Å². The van der Waals surface area contributed by atoms with E-state index < -0.39 is 0 Å². The predicted molar refractivity (Wildman–Crippen MR) is 45.9 cm³/mol. The molecule has 0 N–H and O–H groups in total. The molecule has 58 valence electrons. The van der Waals surface area contributed by atoms with Crippen molar-refractivity contribution in [1.82, 2.24) is 0 Å². The molecule has 1 unspecified atom stereocenters. The standard InChI is InChI=1S/C10H18/c1-6-7(2)9-8(3)10(9,4)5/h7H,6H2,1-5H3.